The van der Waals surface area contributed by atoms with E-state index >= 15 is 0 Å². The molecule has 1 atom stereocenters. The maximum Gasteiger partial charge on any atom is 0.230 e. The SMILES string of the molecule is CCC(C(=O)N1CCC(c2c[nH]c3ccccc23)CC1)c1ccccc1. The van der Waals surface area contributed by atoms with Crippen molar-refractivity contribution < 1.29 is 4.79 Å². The summed E-state index contributed by atoms with van der Waals surface area (Å²) in [5.74, 6) is 0.809. The van der Waals surface area contributed by atoms with Gasteiger partial charge < -0.3 is 9.88 Å². The fourth-order valence-electron chi connectivity index (χ4n) is 4.30. The number of rotatable bonds is 4. The van der Waals surface area contributed by atoms with Gasteiger partial charge in [0, 0.05) is 30.2 Å². The molecule has 1 aromatic heterocycles. The first kappa shape index (κ1) is 16.9. The van der Waals surface area contributed by atoms with Crippen LogP contribution in [0.1, 0.15) is 49.1 Å². The van der Waals surface area contributed by atoms with Crippen LogP contribution in [-0.2, 0) is 4.79 Å². The second-order valence-corrected chi connectivity index (χ2v) is 7.26. The van der Waals surface area contributed by atoms with Crippen LogP contribution < -0.4 is 0 Å². The van der Waals surface area contributed by atoms with Crippen LogP contribution in [0.15, 0.2) is 60.8 Å². The molecular weight excluding hydrogens is 320 g/mol. The number of likely N-dealkylation sites (tertiary alicyclic amines) is 1. The number of para-hydroxylation sites is 1. The maximum atomic E-state index is 13.1. The minimum Gasteiger partial charge on any atom is -0.361 e. The van der Waals surface area contributed by atoms with Gasteiger partial charge in [-0.15, -0.1) is 0 Å². The number of piperidine rings is 1. The van der Waals surface area contributed by atoms with Crippen LogP contribution in [0.3, 0.4) is 0 Å². The van der Waals surface area contributed by atoms with Gasteiger partial charge in [-0.1, -0.05) is 55.5 Å². The highest BCUT2D eigenvalue weighted by molar-refractivity contribution is 5.85. The van der Waals surface area contributed by atoms with Crippen LogP contribution >= 0.6 is 0 Å². The van der Waals surface area contributed by atoms with Crippen LogP contribution in [0.25, 0.3) is 10.9 Å². The fraction of sp³-hybridized carbons (Fsp3) is 0.348. The molecule has 134 valence electrons. The van der Waals surface area contributed by atoms with Gasteiger partial charge in [0.05, 0.1) is 5.92 Å². The third kappa shape index (κ3) is 3.14. The van der Waals surface area contributed by atoms with E-state index in [0.717, 1.165) is 37.9 Å². The number of hydrogen-bond donors (Lipinski definition) is 1. The summed E-state index contributed by atoms with van der Waals surface area (Å²) in [4.78, 5) is 18.5. The summed E-state index contributed by atoms with van der Waals surface area (Å²) in [6.07, 6.45) is 5.09. The predicted molar refractivity (Wildman–Crippen MR) is 106 cm³/mol. The average molecular weight is 346 g/mol. The normalized spacial score (nSPS) is 16.7. The number of nitrogens with one attached hydrogen (secondary N) is 1. The molecule has 3 aromatic rings. The van der Waals surface area contributed by atoms with Crippen LogP contribution in [0.2, 0.25) is 0 Å². The van der Waals surface area contributed by atoms with Gasteiger partial charge in [-0.25, -0.2) is 0 Å². The van der Waals surface area contributed by atoms with E-state index in [1.54, 1.807) is 0 Å². The predicted octanol–water partition coefficient (Wildman–Crippen LogP) is 5.07. The van der Waals surface area contributed by atoms with Crippen LogP contribution in [0.4, 0.5) is 0 Å². The maximum absolute atomic E-state index is 13.1. The molecule has 3 nitrogen and oxygen atoms in total. The Morgan fingerprint density at radius 2 is 1.77 bits per heavy atom. The molecule has 26 heavy (non-hydrogen) atoms. The number of carbonyl (C=O) groups is 1. The first-order chi connectivity index (χ1) is 12.8. The van der Waals surface area contributed by atoms with Crippen LogP contribution in [0.5, 0.6) is 0 Å². The van der Waals surface area contributed by atoms with Crippen molar-refractivity contribution in [1.82, 2.24) is 9.88 Å². The second-order valence-electron chi connectivity index (χ2n) is 7.26. The zero-order valence-electron chi connectivity index (χ0n) is 15.3. The third-order valence-corrected chi connectivity index (χ3v) is 5.78. The Morgan fingerprint density at radius 1 is 1.08 bits per heavy atom. The zero-order chi connectivity index (χ0) is 17.9. The Bertz CT molecular complexity index is 875. The van der Waals surface area contributed by atoms with E-state index in [2.05, 4.69) is 59.4 Å². The Labute approximate surface area is 155 Å². The van der Waals surface area contributed by atoms with E-state index in [4.69, 9.17) is 0 Å². The molecule has 1 aliphatic rings. The van der Waals surface area contributed by atoms with Gasteiger partial charge in [0.2, 0.25) is 5.91 Å². The van der Waals surface area contributed by atoms with Gasteiger partial charge in [0.1, 0.15) is 0 Å². The van der Waals surface area contributed by atoms with Gasteiger partial charge in [-0.05, 0) is 42.4 Å². The molecule has 1 aliphatic heterocycles. The summed E-state index contributed by atoms with van der Waals surface area (Å²) < 4.78 is 0. The minimum absolute atomic E-state index is 0.0131. The molecule has 0 radical (unpaired) electrons. The number of carbonyl (C=O) groups excluding carboxylic acids is 1. The molecule has 1 saturated heterocycles. The van der Waals surface area contributed by atoms with Crippen molar-refractivity contribution in [3.63, 3.8) is 0 Å². The first-order valence-corrected chi connectivity index (χ1v) is 9.67. The molecule has 0 spiro atoms. The minimum atomic E-state index is -0.0131. The largest absolute Gasteiger partial charge is 0.361 e. The molecule has 1 N–H and O–H groups in total. The van der Waals surface area contributed by atoms with Crippen molar-refractivity contribution >= 4 is 16.8 Å². The first-order valence-electron chi connectivity index (χ1n) is 9.67. The monoisotopic (exact) mass is 346 g/mol. The molecule has 1 amide bonds. The van der Waals surface area contributed by atoms with Crippen molar-refractivity contribution in [2.45, 2.75) is 38.0 Å². The molecule has 2 heterocycles. The molecule has 4 rings (SSSR count). The number of aromatic amines is 1. The summed E-state index contributed by atoms with van der Waals surface area (Å²) in [6, 6.07) is 18.7. The average Bonchev–Trinajstić information content (AvgIpc) is 3.13. The fourth-order valence-corrected chi connectivity index (χ4v) is 4.30. The second kappa shape index (κ2) is 7.36. The zero-order valence-corrected chi connectivity index (χ0v) is 15.3. The topological polar surface area (TPSA) is 36.1 Å². The number of fused-ring (bicyclic) bond motifs is 1. The highest BCUT2D eigenvalue weighted by atomic mass is 16.2. The highest BCUT2D eigenvalue weighted by Gasteiger charge is 2.29. The lowest BCUT2D eigenvalue weighted by Gasteiger charge is -2.34. The molecule has 1 fully saturated rings. The molecule has 0 saturated carbocycles. The smallest absolute Gasteiger partial charge is 0.230 e. The van der Waals surface area contributed by atoms with Crippen molar-refractivity contribution in [2.24, 2.45) is 0 Å². The highest BCUT2D eigenvalue weighted by Crippen LogP contribution is 2.34. The van der Waals surface area contributed by atoms with Gasteiger partial charge in [0.15, 0.2) is 0 Å². The van der Waals surface area contributed by atoms with Crippen molar-refractivity contribution in [1.29, 1.82) is 0 Å². The van der Waals surface area contributed by atoms with E-state index in [-0.39, 0.29) is 11.8 Å². The molecule has 3 heteroatoms. The quantitative estimate of drug-likeness (QED) is 0.703. The van der Waals surface area contributed by atoms with E-state index in [1.807, 2.05) is 18.2 Å². The van der Waals surface area contributed by atoms with Crippen molar-refractivity contribution in [3.05, 3.63) is 71.9 Å². The van der Waals surface area contributed by atoms with Crippen LogP contribution in [-0.4, -0.2) is 28.9 Å². The summed E-state index contributed by atoms with van der Waals surface area (Å²) in [5.41, 5.74) is 3.75. The number of H-pyrrole nitrogens is 1. The Hall–Kier alpha value is -2.55. The number of amides is 1. The number of aromatic nitrogens is 1. The van der Waals surface area contributed by atoms with Crippen molar-refractivity contribution in [2.75, 3.05) is 13.1 Å². The lowest BCUT2D eigenvalue weighted by molar-refractivity contribution is -0.134. The van der Waals surface area contributed by atoms with Crippen LogP contribution in [0, 0.1) is 0 Å². The van der Waals surface area contributed by atoms with E-state index in [9.17, 15) is 4.79 Å². The number of benzene rings is 2. The Balaban J connectivity index is 1.45. The Morgan fingerprint density at radius 3 is 2.50 bits per heavy atom. The number of hydrogen-bond acceptors (Lipinski definition) is 1. The lowest BCUT2D eigenvalue weighted by atomic mass is 9.88. The summed E-state index contributed by atoms with van der Waals surface area (Å²) >= 11 is 0. The van der Waals surface area contributed by atoms with E-state index in [1.165, 1.54) is 16.5 Å². The number of nitrogens with zero attached hydrogens (tertiary/aromatic N) is 1. The van der Waals surface area contributed by atoms with E-state index in [0.29, 0.717) is 5.92 Å². The van der Waals surface area contributed by atoms with Gasteiger partial charge in [0.25, 0.3) is 0 Å². The lowest BCUT2D eigenvalue weighted by Crippen LogP contribution is -2.40. The van der Waals surface area contributed by atoms with Crippen molar-refractivity contribution in [3.8, 4) is 0 Å². The van der Waals surface area contributed by atoms with Gasteiger partial charge in [-0.3, -0.25) is 4.79 Å². The molecule has 1 unspecified atom stereocenters. The Kier molecular flexibility index (Phi) is 4.79. The van der Waals surface area contributed by atoms with Gasteiger partial charge >= 0.3 is 0 Å². The standard InChI is InChI=1S/C23H26N2O/c1-2-19(17-8-4-3-5-9-17)23(26)25-14-12-18(13-15-25)21-16-24-22-11-7-6-10-20(21)22/h3-11,16,18-19,24H,2,12-15H2,1H3. The summed E-state index contributed by atoms with van der Waals surface area (Å²) in [6.45, 7) is 3.81. The van der Waals surface area contributed by atoms with E-state index < -0.39 is 0 Å². The molecule has 0 bridgehead atoms. The molecule has 0 aliphatic carbocycles. The summed E-state index contributed by atoms with van der Waals surface area (Å²) in [5, 5.41) is 1.33. The molecule has 2 aromatic carbocycles. The third-order valence-electron chi connectivity index (χ3n) is 5.78. The summed E-state index contributed by atoms with van der Waals surface area (Å²) in [7, 11) is 0. The van der Waals surface area contributed by atoms with Gasteiger partial charge in [-0.2, -0.15) is 0 Å². The molecular formula is C23H26N2O.